The molecule has 0 radical (unpaired) electrons. The number of likely N-dealkylation sites (tertiary alicyclic amines) is 1. The fourth-order valence-corrected chi connectivity index (χ4v) is 2.61. The standard InChI is InChI=1S/C11H22ClN/c1-8(2)9(3)13-6-5-11(7-12)10(13)4/h8-11H,5-7H2,1-4H3. The fourth-order valence-electron chi connectivity index (χ4n) is 2.19. The molecule has 1 saturated heterocycles. The highest BCUT2D eigenvalue weighted by Gasteiger charge is 2.33. The molecule has 3 unspecified atom stereocenters. The van der Waals surface area contributed by atoms with Crippen LogP contribution >= 0.6 is 11.6 Å². The summed E-state index contributed by atoms with van der Waals surface area (Å²) in [6, 6.07) is 1.37. The van der Waals surface area contributed by atoms with Crippen molar-refractivity contribution in [3.63, 3.8) is 0 Å². The first-order valence-corrected chi connectivity index (χ1v) is 5.93. The van der Waals surface area contributed by atoms with Crippen LogP contribution in [0.3, 0.4) is 0 Å². The lowest BCUT2D eigenvalue weighted by Crippen LogP contribution is -2.40. The van der Waals surface area contributed by atoms with Crippen LogP contribution in [-0.4, -0.2) is 29.4 Å². The zero-order chi connectivity index (χ0) is 10.0. The number of hydrogen-bond acceptors (Lipinski definition) is 1. The second-order valence-electron chi connectivity index (χ2n) is 4.67. The van der Waals surface area contributed by atoms with E-state index in [0.29, 0.717) is 18.0 Å². The average Bonchev–Trinajstić information content (AvgIpc) is 2.45. The molecule has 0 amide bonds. The maximum Gasteiger partial charge on any atom is 0.0267 e. The van der Waals surface area contributed by atoms with Gasteiger partial charge in [-0.25, -0.2) is 0 Å². The first kappa shape index (κ1) is 11.3. The Balaban J connectivity index is 2.53. The summed E-state index contributed by atoms with van der Waals surface area (Å²) >= 11 is 5.93. The zero-order valence-corrected chi connectivity index (χ0v) is 10.0. The van der Waals surface area contributed by atoms with Gasteiger partial charge in [-0.05, 0) is 38.6 Å². The Bertz CT molecular complexity index is 158. The van der Waals surface area contributed by atoms with Gasteiger partial charge in [0.2, 0.25) is 0 Å². The molecule has 1 fully saturated rings. The van der Waals surface area contributed by atoms with E-state index in [1.807, 2.05) is 0 Å². The third-order valence-electron chi connectivity index (χ3n) is 3.65. The molecule has 2 heteroatoms. The fraction of sp³-hybridized carbons (Fsp3) is 1.00. The van der Waals surface area contributed by atoms with Crippen LogP contribution in [0.15, 0.2) is 0 Å². The van der Waals surface area contributed by atoms with Crippen LogP contribution in [0.25, 0.3) is 0 Å². The van der Waals surface area contributed by atoms with Crippen molar-refractivity contribution in [1.82, 2.24) is 4.90 Å². The van der Waals surface area contributed by atoms with Crippen LogP contribution in [0, 0.1) is 11.8 Å². The van der Waals surface area contributed by atoms with Crippen molar-refractivity contribution < 1.29 is 0 Å². The molecule has 3 atom stereocenters. The Kier molecular flexibility index (Phi) is 4.06. The summed E-state index contributed by atoms with van der Waals surface area (Å²) in [5.41, 5.74) is 0. The molecule has 0 bridgehead atoms. The third-order valence-corrected chi connectivity index (χ3v) is 4.05. The molecule has 0 N–H and O–H groups in total. The number of nitrogens with zero attached hydrogens (tertiary/aromatic N) is 1. The largest absolute Gasteiger partial charge is 0.297 e. The summed E-state index contributed by atoms with van der Waals surface area (Å²) < 4.78 is 0. The molecule has 0 aliphatic carbocycles. The van der Waals surface area contributed by atoms with Gasteiger partial charge in [0.1, 0.15) is 0 Å². The van der Waals surface area contributed by atoms with E-state index in [9.17, 15) is 0 Å². The molecule has 0 aromatic carbocycles. The summed E-state index contributed by atoms with van der Waals surface area (Å²) in [6.07, 6.45) is 1.28. The van der Waals surface area contributed by atoms with E-state index >= 15 is 0 Å². The second-order valence-corrected chi connectivity index (χ2v) is 4.97. The molecule has 0 spiro atoms. The normalized spacial score (nSPS) is 32.8. The Morgan fingerprint density at radius 2 is 2.00 bits per heavy atom. The molecule has 0 aromatic heterocycles. The van der Waals surface area contributed by atoms with Gasteiger partial charge in [0.05, 0.1) is 0 Å². The lowest BCUT2D eigenvalue weighted by atomic mass is 10.0. The van der Waals surface area contributed by atoms with Gasteiger partial charge >= 0.3 is 0 Å². The van der Waals surface area contributed by atoms with Crippen LogP contribution < -0.4 is 0 Å². The van der Waals surface area contributed by atoms with Crippen molar-refractivity contribution in [3.8, 4) is 0 Å². The van der Waals surface area contributed by atoms with Crippen molar-refractivity contribution in [2.75, 3.05) is 12.4 Å². The Morgan fingerprint density at radius 1 is 1.38 bits per heavy atom. The molecule has 1 heterocycles. The summed E-state index contributed by atoms with van der Waals surface area (Å²) in [6.45, 7) is 10.5. The highest BCUT2D eigenvalue weighted by atomic mass is 35.5. The number of halogens is 1. The predicted molar refractivity (Wildman–Crippen MR) is 59.3 cm³/mol. The van der Waals surface area contributed by atoms with E-state index in [1.165, 1.54) is 13.0 Å². The smallest absolute Gasteiger partial charge is 0.0267 e. The number of rotatable bonds is 3. The lowest BCUT2D eigenvalue weighted by Gasteiger charge is -2.32. The first-order chi connectivity index (χ1) is 6.07. The van der Waals surface area contributed by atoms with Crippen LogP contribution in [0.1, 0.15) is 34.1 Å². The maximum absolute atomic E-state index is 5.93. The van der Waals surface area contributed by atoms with Gasteiger partial charge in [-0.15, -0.1) is 11.6 Å². The molecule has 1 aliphatic heterocycles. The minimum absolute atomic E-state index is 0.676. The maximum atomic E-state index is 5.93. The molecule has 0 aromatic rings. The molecule has 1 aliphatic rings. The molecule has 78 valence electrons. The molecule has 1 nitrogen and oxygen atoms in total. The van der Waals surface area contributed by atoms with Gasteiger partial charge in [-0.2, -0.15) is 0 Å². The lowest BCUT2D eigenvalue weighted by molar-refractivity contribution is 0.151. The van der Waals surface area contributed by atoms with Gasteiger partial charge in [0.25, 0.3) is 0 Å². The van der Waals surface area contributed by atoms with Gasteiger partial charge in [0, 0.05) is 18.0 Å². The van der Waals surface area contributed by atoms with Crippen molar-refractivity contribution in [1.29, 1.82) is 0 Å². The van der Waals surface area contributed by atoms with E-state index in [2.05, 4.69) is 32.6 Å². The van der Waals surface area contributed by atoms with Crippen molar-refractivity contribution in [2.24, 2.45) is 11.8 Å². The molecule has 13 heavy (non-hydrogen) atoms. The monoisotopic (exact) mass is 203 g/mol. The van der Waals surface area contributed by atoms with Gasteiger partial charge < -0.3 is 0 Å². The van der Waals surface area contributed by atoms with E-state index in [1.54, 1.807) is 0 Å². The van der Waals surface area contributed by atoms with E-state index in [0.717, 1.165) is 11.8 Å². The molecule has 1 rings (SSSR count). The topological polar surface area (TPSA) is 3.24 Å². The first-order valence-electron chi connectivity index (χ1n) is 5.39. The molecular weight excluding hydrogens is 182 g/mol. The molecular formula is C11H22ClN. The van der Waals surface area contributed by atoms with Crippen LogP contribution in [-0.2, 0) is 0 Å². The Labute approximate surface area is 87.4 Å². The third kappa shape index (κ3) is 2.38. The number of hydrogen-bond donors (Lipinski definition) is 0. The minimum atomic E-state index is 0.676. The van der Waals surface area contributed by atoms with Crippen molar-refractivity contribution >= 4 is 11.6 Å². The summed E-state index contributed by atoms with van der Waals surface area (Å²) in [5.74, 6) is 2.28. The van der Waals surface area contributed by atoms with Crippen LogP contribution in [0.2, 0.25) is 0 Å². The predicted octanol–water partition coefficient (Wildman–Crippen LogP) is 2.98. The highest BCUT2D eigenvalue weighted by molar-refractivity contribution is 6.18. The van der Waals surface area contributed by atoms with Crippen LogP contribution in [0.5, 0.6) is 0 Å². The summed E-state index contributed by atoms with van der Waals surface area (Å²) in [7, 11) is 0. The van der Waals surface area contributed by atoms with Crippen LogP contribution in [0.4, 0.5) is 0 Å². The zero-order valence-electron chi connectivity index (χ0n) is 9.26. The van der Waals surface area contributed by atoms with Gasteiger partial charge in [0.15, 0.2) is 0 Å². The summed E-state index contributed by atoms with van der Waals surface area (Å²) in [4.78, 5) is 2.61. The van der Waals surface area contributed by atoms with Crippen molar-refractivity contribution in [2.45, 2.75) is 46.2 Å². The van der Waals surface area contributed by atoms with Gasteiger partial charge in [-0.3, -0.25) is 4.90 Å². The average molecular weight is 204 g/mol. The Hall–Kier alpha value is 0.250. The second kappa shape index (κ2) is 4.65. The van der Waals surface area contributed by atoms with Gasteiger partial charge in [-0.1, -0.05) is 13.8 Å². The SMILES string of the molecule is CC(C)C(C)N1CCC(CCl)C1C. The van der Waals surface area contributed by atoms with Crippen molar-refractivity contribution in [3.05, 3.63) is 0 Å². The van der Waals surface area contributed by atoms with E-state index in [4.69, 9.17) is 11.6 Å². The molecule has 0 saturated carbocycles. The summed E-state index contributed by atoms with van der Waals surface area (Å²) in [5, 5.41) is 0. The quantitative estimate of drug-likeness (QED) is 0.638. The highest BCUT2D eigenvalue weighted by Crippen LogP contribution is 2.28. The minimum Gasteiger partial charge on any atom is -0.297 e. The number of alkyl halides is 1. The van der Waals surface area contributed by atoms with E-state index in [-0.39, 0.29) is 0 Å². The Morgan fingerprint density at radius 3 is 2.38 bits per heavy atom. The van der Waals surface area contributed by atoms with E-state index < -0.39 is 0 Å².